The summed E-state index contributed by atoms with van der Waals surface area (Å²) in [7, 11) is 0. The van der Waals surface area contributed by atoms with Gasteiger partial charge in [-0.05, 0) is 12.1 Å². The number of esters is 1. The summed E-state index contributed by atoms with van der Waals surface area (Å²) in [6, 6.07) is 8.62. The minimum absolute atomic E-state index is 0.0445. The summed E-state index contributed by atoms with van der Waals surface area (Å²) in [4.78, 5) is 14.9. The Morgan fingerprint density at radius 2 is 1.90 bits per heavy atom. The average molecular weight is 297 g/mol. The molecule has 2 rings (SSSR count). The predicted octanol–water partition coefficient (Wildman–Crippen LogP) is 2.98. The largest absolute Gasteiger partial charge is 0.508 e. The Balaban J connectivity index is 2.41. The standard InChI is InChI=1S/C14H10F3NO3/c15-14(16,17)13(20)21-12(9-4-3-7-18-8-9)10-5-1-2-6-11(10)19/h1-8,12,19H. The van der Waals surface area contributed by atoms with Gasteiger partial charge in [0.05, 0.1) is 0 Å². The van der Waals surface area contributed by atoms with E-state index < -0.39 is 18.2 Å². The van der Waals surface area contributed by atoms with Crippen molar-refractivity contribution in [2.75, 3.05) is 0 Å². The number of alkyl halides is 3. The van der Waals surface area contributed by atoms with Crippen LogP contribution in [-0.4, -0.2) is 22.2 Å². The zero-order valence-corrected chi connectivity index (χ0v) is 10.5. The van der Waals surface area contributed by atoms with Gasteiger partial charge in [-0.1, -0.05) is 24.3 Å². The minimum Gasteiger partial charge on any atom is -0.508 e. The van der Waals surface area contributed by atoms with Crippen LogP contribution >= 0.6 is 0 Å². The minimum atomic E-state index is -5.12. The van der Waals surface area contributed by atoms with E-state index >= 15 is 0 Å². The highest BCUT2D eigenvalue weighted by molar-refractivity contribution is 5.76. The summed E-state index contributed by atoms with van der Waals surface area (Å²) in [6.07, 6.45) is -3.82. The molecule has 2 aromatic rings. The first-order valence-electron chi connectivity index (χ1n) is 5.85. The van der Waals surface area contributed by atoms with Crippen LogP contribution in [0.1, 0.15) is 17.2 Å². The van der Waals surface area contributed by atoms with E-state index in [2.05, 4.69) is 9.72 Å². The van der Waals surface area contributed by atoms with Gasteiger partial charge in [0.1, 0.15) is 5.75 Å². The van der Waals surface area contributed by atoms with Gasteiger partial charge in [-0.15, -0.1) is 0 Å². The van der Waals surface area contributed by atoms with Gasteiger partial charge in [0.25, 0.3) is 0 Å². The molecule has 1 N–H and O–H groups in total. The Labute approximate surface area is 117 Å². The van der Waals surface area contributed by atoms with Crippen molar-refractivity contribution in [3.05, 3.63) is 59.9 Å². The monoisotopic (exact) mass is 297 g/mol. The lowest BCUT2D eigenvalue weighted by Gasteiger charge is -2.20. The molecule has 21 heavy (non-hydrogen) atoms. The summed E-state index contributed by atoms with van der Waals surface area (Å²) in [5.74, 6) is -2.61. The molecule has 0 spiro atoms. The number of carbonyl (C=O) groups is 1. The summed E-state index contributed by atoms with van der Waals surface area (Å²) in [5, 5.41) is 9.76. The molecule has 1 atom stereocenters. The molecule has 0 saturated carbocycles. The highest BCUT2D eigenvalue weighted by Gasteiger charge is 2.43. The number of benzene rings is 1. The fourth-order valence-corrected chi connectivity index (χ4v) is 1.73. The third kappa shape index (κ3) is 3.50. The molecule has 1 aromatic carbocycles. The Hall–Kier alpha value is -2.57. The third-order valence-electron chi connectivity index (χ3n) is 2.66. The quantitative estimate of drug-likeness (QED) is 0.885. The number of hydrogen-bond donors (Lipinski definition) is 1. The Kier molecular flexibility index (Phi) is 4.11. The lowest BCUT2D eigenvalue weighted by Crippen LogP contribution is -2.27. The number of hydrogen-bond acceptors (Lipinski definition) is 4. The molecule has 0 aliphatic carbocycles. The SMILES string of the molecule is O=C(OC(c1cccnc1)c1ccccc1O)C(F)(F)F. The van der Waals surface area contributed by atoms with Crippen LogP contribution in [0.25, 0.3) is 0 Å². The highest BCUT2D eigenvalue weighted by Crippen LogP contribution is 2.33. The second-order valence-electron chi connectivity index (χ2n) is 4.13. The van der Waals surface area contributed by atoms with Gasteiger partial charge in [-0.25, -0.2) is 4.79 Å². The van der Waals surface area contributed by atoms with E-state index in [0.29, 0.717) is 0 Å². The summed E-state index contributed by atoms with van der Waals surface area (Å²) in [6.45, 7) is 0. The molecule has 0 fully saturated rings. The number of aromatic nitrogens is 1. The van der Waals surface area contributed by atoms with Crippen molar-refractivity contribution in [1.82, 2.24) is 4.98 Å². The van der Waals surface area contributed by atoms with E-state index in [4.69, 9.17) is 0 Å². The topological polar surface area (TPSA) is 59.4 Å². The van der Waals surface area contributed by atoms with Gasteiger partial charge in [0.2, 0.25) is 0 Å². The molecular formula is C14H10F3NO3. The first kappa shape index (κ1) is 14.8. The number of rotatable bonds is 3. The molecular weight excluding hydrogens is 287 g/mol. The number of phenols is 1. The number of phenolic OH excluding ortho intramolecular Hbond substituents is 1. The van der Waals surface area contributed by atoms with Crippen molar-refractivity contribution in [3.63, 3.8) is 0 Å². The van der Waals surface area contributed by atoms with Gasteiger partial charge in [-0.2, -0.15) is 13.2 Å². The molecule has 7 heteroatoms. The normalized spacial score (nSPS) is 12.7. The van der Waals surface area contributed by atoms with Gasteiger partial charge < -0.3 is 9.84 Å². The smallest absolute Gasteiger partial charge is 0.490 e. The summed E-state index contributed by atoms with van der Waals surface area (Å²) in [5.41, 5.74) is 0.264. The van der Waals surface area contributed by atoms with Crippen molar-refractivity contribution < 1.29 is 27.8 Å². The molecule has 0 radical (unpaired) electrons. The number of pyridine rings is 1. The van der Waals surface area contributed by atoms with Gasteiger partial charge in [0, 0.05) is 23.5 Å². The first-order valence-corrected chi connectivity index (χ1v) is 5.85. The molecule has 0 bridgehead atoms. The maximum Gasteiger partial charge on any atom is 0.490 e. The second-order valence-corrected chi connectivity index (χ2v) is 4.13. The number of carbonyl (C=O) groups excluding carboxylic acids is 1. The van der Waals surface area contributed by atoms with E-state index in [0.717, 1.165) is 0 Å². The number of halogens is 3. The van der Waals surface area contributed by atoms with Gasteiger partial charge >= 0.3 is 12.1 Å². The molecule has 0 aliphatic heterocycles. The lowest BCUT2D eigenvalue weighted by atomic mass is 10.0. The fourth-order valence-electron chi connectivity index (χ4n) is 1.73. The van der Waals surface area contributed by atoms with E-state index in [9.17, 15) is 23.1 Å². The summed E-state index contributed by atoms with van der Waals surface area (Å²) >= 11 is 0. The third-order valence-corrected chi connectivity index (χ3v) is 2.66. The number of aromatic hydroxyl groups is 1. The fraction of sp³-hybridized carbons (Fsp3) is 0.143. The van der Waals surface area contributed by atoms with Crippen molar-refractivity contribution in [2.24, 2.45) is 0 Å². The van der Waals surface area contributed by atoms with Crippen LogP contribution in [0.2, 0.25) is 0 Å². The van der Waals surface area contributed by atoms with E-state index in [-0.39, 0.29) is 16.9 Å². The van der Waals surface area contributed by atoms with E-state index in [1.165, 1.54) is 48.8 Å². The van der Waals surface area contributed by atoms with Crippen molar-refractivity contribution in [2.45, 2.75) is 12.3 Å². The maximum absolute atomic E-state index is 12.4. The molecule has 0 saturated heterocycles. The molecule has 0 aliphatic rings. The molecule has 110 valence electrons. The molecule has 0 amide bonds. The maximum atomic E-state index is 12.4. The Morgan fingerprint density at radius 3 is 2.48 bits per heavy atom. The van der Waals surface area contributed by atoms with Crippen LogP contribution in [0.3, 0.4) is 0 Å². The molecule has 1 unspecified atom stereocenters. The van der Waals surface area contributed by atoms with E-state index in [1.54, 1.807) is 0 Å². The molecule has 1 aromatic heterocycles. The first-order chi connectivity index (χ1) is 9.89. The number of para-hydroxylation sites is 1. The molecule has 4 nitrogen and oxygen atoms in total. The van der Waals surface area contributed by atoms with Gasteiger partial charge in [-0.3, -0.25) is 4.98 Å². The van der Waals surface area contributed by atoms with E-state index in [1.807, 2.05) is 0 Å². The average Bonchev–Trinajstić information content (AvgIpc) is 2.45. The van der Waals surface area contributed by atoms with Crippen LogP contribution in [-0.2, 0) is 9.53 Å². The van der Waals surface area contributed by atoms with Crippen LogP contribution in [0.5, 0.6) is 5.75 Å². The van der Waals surface area contributed by atoms with Crippen LogP contribution in [0.15, 0.2) is 48.8 Å². The zero-order chi connectivity index (χ0) is 15.5. The van der Waals surface area contributed by atoms with Crippen LogP contribution in [0, 0.1) is 0 Å². The van der Waals surface area contributed by atoms with Crippen molar-refractivity contribution >= 4 is 5.97 Å². The number of ether oxygens (including phenoxy) is 1. The summed E-state index contributed by atoms with van der Waals surface area (Å²) < 4.78 is 41.7. The zero-order valence-electron chi connectivity index (χ0n) is 10.5. The Morgan fingerprint density at radius 1 is 1.19 bits per heavy atom. The Bertz CT molecular complexity index is 629. The molecule has 1 heterocycles. The highest BCUT2D eigenvalue weighted by atomic mass is 19.4. The second kappa shape index (κ2) is 5.82. The van der Waals surface area contributed by atoms with Crippen LogP contribution in [0.4, 0.5) is 13.2 Å². The number of nitrogens with zero attached hydrogens (tertiary/aromatic N) is 1. The van der Waals surface area contributed by atoms with Crippen molar-refractivity contribution in [3.8, 4) is 5.75 Å². The predicted molar refractivity (Wildman–Crippen MR) is 66.3 cm³/mol. The lowest BCUT2D eigenvalue weighted by molar-refractivity contribution is -0.203. The van der Waals surface area contributed by atoms with Gasteiger partial charge in [0.15, 0.2) is 6.10 Å². The van der Waals surface area contributed by atoms with Crippen LogP contribution < -0.4 is 0 Å². The van der Waals surface area contributed by atoms with Crippen molar-refractivity contribution in [1.29, 1.82) is 0 Å².